The molecule has 1 heterocycles. The van der Waals surface area contributed by atoms with Gasteiger partial charge in [0.15, 0.2) is 0 Å². The van der Waals surface area contributed by atoms with Gasteiger partial charge in [0.1, 0.15) is 5.60 Å². The number of esters is 1. The lowest BCUT2D eigenvalue weighted by Crippen LogP contribution is -2.36. The standard InChI is InChI=1S/C15H20O3/c1-15(9-5-8-14(16)18-15)10-11-17-12-13-6-3-2-4-7-13/h2-4,6-7H,5,8-12H2,1H3/t15-/m0/s1. The average molecular weight is 248 g/mol. The van der Waals surface area contributed by atoms with Gasteiger partial charge in [0.2, 0.25) is 0 Å². The Morgan fingerprint density at radius 2 is 2.11 bits per heavy atom. The van der Waals surface area contributed by atoms with Crippen LogP contribution < -0.4 is 0 Å². The van der Waals surface area contributed by atoms with Crippen LogP contribution in [0.25, 0.3) is 0 Å². The average Bonchev–Trinajstić information content (AvgIpc) is 2.36. The summed E-state index contributed by atoms with van der Waals surface area (Å²) in [5.74, 6) is -0.0770. The molecule has 1 aliphatic rings. The first-order valence-electron chi connectivity index (χ1n) is 6.51. The van der Waals surface area contributed by atoms with Gasteiger partial charge in [-0.2, -0.15) is 0 Å². The number of carbonyl (C=O) groups excluding carboxylic acids is 1. The molecular weight excluding hydrogens is 228 g/mol. The van der Waals surface area contributed by atoms with Gasteiger partial charge in [0.05, 0.1) is 13.2 Å². The van der Waals surface area contributed by atoms with Crippen LogP contribution in [-0.4, -0.2) is 18.2 Å². The molecular formula is C15H20O3. The molecule has 1 atom stereocenters. The molecule has 2 rings (SSSR count). The summed E-state index contributed by atoms with van der Waals surface area (Å²) >= 11 is 0. The van der Waals surface area contributed by atoms with E-state index in [9.17, 15) is 4.79 Å². The second kappa shape index (κ2) is 6.01. The molecule has 98 valence electrons. The minimum atomic E-state index is -0.327. The number of carbonyl (C=O) groups is 1. The quantitative estimate of drug-likeness (QED) is 0.593. The second-order valence-corrected chi connectivity index (χ2v) is 5.07. The molecule has 1 saturated heterocycles. The topological polar surface area (TPSA) is 35.5 Å². The predicted molar refractivity (Wildman–Crippen MR) is 69.1 cm³/mol. The molecule has 0 spiro atoms. The molecule has 1 aliphatic heterocycles. The first kappa shape index (κ1) is 13.1. The SMILES string of the molecule is C[C@@]1(CCOCc2ccccc2)CCCC(=O)O1. The molecule has 18 heavy (non-hydrogen) atoms. The largest absolute Gasteiger partial charge is 0.459 e. The maximum atomic E-state index is 11.3. The van der Waals surface area contributed by atoms with Crippen molar-refractivity contribution in [1.82, 2.24) is 0 Å². The van der Waals surface area contributed by atoms with E-state index in [0.717, 1.165) is 19.3 Å². The van der Waals surface area contributed by atoms with Gasteiger partial charge >= 0.3 is 5.97 Å². The Labute approximate surface area is 108 Å². The minimum absolute atomic E-state index is 0.0770. The lowest BCUT2D eigenvalue weighted by molar-refractivity contribution is -0.167. The van der Waals surface area contributed by atoms with Gasteiger partial charge in [-0.05, 0) is 25.3 Å². The maximum absolute atomic E-state index is 11.3. The lowest BCUT2D eigenvalue weighted by atomic mass is 9.93. The van der Waals surface area contributed by atoms with E-state index in [1.165, 1.54) is 5.56 Å². The summed E-state index contributed by atoms with van der Waals surface area (Å²) in [5.41, 5.74) is 0.842. The third-order valence-corrected chi connectivity index (χ3v) is 3.33. The first-order chi connectivity index (χ1) is 8.68. The lowest BCUT2D eigenvalue weighted by Gasteiger charge is -2.33. The second-order valence-electron chi connectivity index (χ2n) is 5.07. The molecule has 0 radical (unpaired) electrons. The van der Waals surface area contributed by atoms with Gasteiger partial charge in [-0.3, -0.25) is 4.79 Å². The highest BCUT2D eigenvalue weighted by Gasteiger charge is 2.32. The molecule has 3 heteroatoms. The summed E-state index contributed by atoms with van der Waals surface area (Å²) in [5, 5.41) is 0. The van der Waals surface area contributed by atoms with Crippen LogP contribution >= 0.6 is 0 Å². The van der Waals surface area contributed by atoms with Crippen molar-refractivity contribution in [3.8, 4) is 0 Å². The van der Waals surface area contributed by atoms with E-state index in [1.807, 2.05) is 37.3 Å². The number of ether oxygens (including phenoxy) is 2. The van der Waals surface area contributed by atoms with Crippen molar-refractivity contribution < 1.29 is 14.3 Å². The number of hydrogen-bond donors (Lipinski definition) is 0. The highest BCUT2D eigenvalue weighted by Crippen LogP contribution is 2.28. The Kier molecular flexibility index (Phi) is 4.37. The van der Waals surface area contributed by atoms with Crippen LogP contribution in [0, 0.1) is 0 Å². The zero-order valence-corrected chi connectivity index (χ0v) is 10.9. The minimum Gasteiger partial charge on any atom is -0.459 e. The summed E-state index contributed by atoms with van der Waals surface area (Å²) in [7, 11) is 0. The fourth-order valence-electron chi connectivity index (χ4n) is 2.21. The van der Waals surface area contributed by atoms with E-state index in [1.54, 1.807) is 0 Å². The summed E-state index contributed by atoms with van der Waals surface area (Å²) in [6, 6.07) is 10.1. The number of hydrogen-bond acceptors (Lipinski definition) is 3. The molecule has 0 saturated carbocycles. The summed E-state index contributed by atoms with van der Waals surface area (Å²) in [6.45, 7) is 3.24. The van der Waals surface area contributed by atoms with Gasteiger partial charge < -0.3 is 9.47 Å². The summed E-state index contributed by atoms with van der Waals surface area (Å²) in [4.78, 5) is 11.3. The first-order valence-corrected chi connectivity index (χ1v) is 6.51. The fraction of sp³-hybridized carbons (Fsp3) is 0.533. The monoisotopic (exact) mass is 248 g/mol. The van der Waals surface area contributed by atoms with Crippen LogP contribution in [0.4, 0.5) is 0 Å². The third-order valence-electron chi connectivity index (χ3n) is 3.33. The molecule has 0 bridgehead atoms. The van der Waals surface area contributed by atoms with Gasteiger partial charge in [-0.15, -0.1) is 0 Å². The molecule has 0 aliphatic carbocycles. The Morgan fingerprint density at radius 3 is 2.83 bits per heavy atom. The van der Waals surface area contributed by atoms with E-state index >= 15 is 0 Å². The third kappa shape index (κ3) is 3.84. The van der Waals surface area contributed by atoms with Crippen molar-refractivity contribution in [2.75, 3.05) is 6.61 Å². The summed E-state index contributed by atoms with van der Waals surface area (Å²) < 4.78 is 11.0. The van der Waals surface area contributed by atoms with Crippen LogP contribution in [-0.2, 0) is 20.9 Å². The van der Waals surface area contributed by atoms with E-state index in [2.05, 4.69) is 0 Å². The maximum Gasteiger partial charge on any atom is 0.306 e. The van der Waals surface area contributed by atoms with E-state index < -0.39 is 0 Å². The van der Waals surface area contributed by atoms with Crippen molar-refractivity contribution in [3.05, 3.63) is 35.9 Å². The number of cyclic esters (lactones) is 1. The zero-order valence-electron chi connectivity index (χ0n) is 10.9. The number of rotatable bonds is 5. The van der Waals surface area contributed by atoms with Gasteiger partial charge in [0.25, 0.3) is 0 Å². The van der Waals surface area contributed by atoms with Gasteiger partial charge in [-0.25, -0.2) is 0 Å². The molecule has 0 N–H and O–H groups in total. The van der Waals surface area contributed by atoms with Crippen molar-refractivity contribution in [2.24, 2.45) is 0 Å². The summed E-state index contributed by atoms with van der Waals surface area (Å²) in [6.07, 6.45) is 3.19. The highest BCUT2D eigenvalue weighted by molar-refractivity contribution is 5.70. The van der Waals surface area contributed by atoms with E-state index in [-0.39, 0.29) is 11.6 Å². The van der Waals surface area contributed by atoms with Crippen molar-refractivity contribution in [2.45, 2.75) is 44.8 Å². The van der Waals surface area contributed by atoms with Crippen LogP contribution in [0.2, 0.25) is 0 Å². The Balaban J connectivity index is 1.70. The Bertz CT molecular complexity index is 388. The van der Waals surface area contributed by atoms with Gasteiger partial charge in [-0.1, -0.05) is 30.3 Å². The molecule has 3 nitrogen and oxygen atoms in total. The molecule has 1 aromatic rings. The van der Waals surface area contributed by atoms with Crippen LogP contribution in [0.5, 0.6) is 0 Å². The normalized spacial score (nSPS) is 23.7. The zero-order chi connectivity index (χ0) is 12.8. The van der Waals surface area contributed by atoms with Crippen LogP contribution in [0.1, 0.15) is 38.2 Å². The molecule has 1 aromatic carbocycles. The fourth-order valence-corrected chi connectivity index (χ4v) is 2.21. The number of benzene rings is 1. The highest BCUT2D eigenvalue weighted by atomic mass is 16.6. The van der Waals surface area contributed by atoms with Crippen molar-refractivity contribution >= 4 is 5.97 Å². The molecule has 1 fully saturated rings. The van der Waals surface area contributed by atoms with Crippen LogP contribution in [0.15, 0.2) is 30.3 Å². The smallest absolute Gasteiger partial charge is 0.306 e. The van der Waals surface area contributed by atoms with Crippen LogP contribution in [0.3, 0.4) is 0 Å². The van der Waals surface area contributed by atoms with E-state index in [0.29, 0.717) is 19.6 Å². The molecule has 0 aromatic heterocycles. The van der Waals surface area contributed by atoms with Gasteiger partial charge in [0, 0.05) is 12.8 Å². The Morgan fingerprint density at radius 1 is 1.33 bits per heavy atom. The molecule has 0 amide bonds. The predicted octanol–water partition coefficient (Wildman–Crippen LogP) is 3.08. The van der Waals surface area contributed by atoms with E-state index in [4.69, 9.17) is 9.47 Å². The Hall–Kier alpha value is -1.35. The van der Waals surface area contributed by atoms with Crippen molar-refractivity contribution in [1.29, 1.82) is 0 Å². The van der Waals surface area contributed by atoms with Crippen molar-refractivity contribution in [3.63, 3.8) is 0 Å². The molecule has 0 unspecified atom stereocenters.